The third kappa shape index (κ3) is 3.20. The number of amides is 2. The summed E-state index contributed by atoms with van der Waals surface area (Å²) in [5.74, 6) is -0.125. The molecule has 0 aromatic heterocycles. The van der Waals surface area contributed by atoms with Crippen molar-refractivity contribution < 1.29 is 14.3 Å². The van der Waals surface area contributed by atoms with Crippen molar-refractivity contribution in [2.45, 2.75) is 12.6 Å². The molecule has 2 aliphatic rings. The number of rotatable bonds is 2. The van der Waals surface area contributed by atoms with E-state index in [1.54, 1.807) is 17.0 Å². The number of hydrogen-bond acceptors (Lipinski definition) is 4. The highest BCUT2D eigenvalue weighted by molar-refractivity contribution is 6.31. The molecule has 1 N–H and O–H groups in total. The molecule has 0 bridgehead atoms. The van der Waals surface area contributed by atoms with E-state index in [4.69, 9.17) is 16.3 Å². The lowest BCUT2D eigenvalue weighted by atomic mass is 10.1. The van der Waals surface area contributed by atoms with Gasteiger partial charge in [0.2, 0.25) is 5.91 Å². The minimum absolute atomic E-state index is 0.125. The van der Waals surface area contributed by atoms with Crippen LogP contribution < -0.4 is 10.2 Å². The van der Waals surface area contributed by atoms with Crippen LogP contribution in [0.2, 0.25) is 5.02 Å². The molecule has 2 aromatic rings. The van der Waals surface area contributed by atoms with Gasteiger partial charge in [0.05, 0.1) is 17.9 Å². The Balaban J connectivity index is 1.44. The molecule has 0 saturated carbocycles. The zero-order valence-electron chi connectivity index (χ0n) is 14.0. The summed E-state index contributed by atoms with van der Waals surface area (Å²) in [6, 6.07) is 14.5. The Labute approximate surface area is 156 Å². The number of anilines is 2. The molecule has 2 heterocycles. The molecule has 0 spiro atoms. The number of hydrogen-bond donors (Lipinski definition) is 1. The van der Waals surface area contributed by atoms with Crippen LogP contribution in [0.1, 0.15) is 5.56 Å². The third-order valence-corrected chi connectivity index (χ3v) is 4.91. The first-order valence-corrected chi connectivity index (χ1v) is 8.82. The Bertz CT molecular complexity index is 843. The number of benzene rings is 2. The fourth-order valence-electron chi connectivity index (χ4n) is 3.34. The molecule has 1 atom stereocenters. The first-order valence-electron chi connectivity index (χ1n) is 8.44. The molecule has 7 heteroatoms. The quantitative estimate of drug-likeness (QED) is 0.881. The molecular weight excluding hydrogens is 354 g/mol. The first kappa shape index (κ1) is 16.7. The number of carbonyl (C=O) groups is 2. The SMILES string of the molecule is O=C1Nc2ccc(Cl)cc2N2CCN(C(=O)OCc3ccccc3)CC12. The van der Waals surface area contributed by atoms with Gasteiger partial charge in [0.15, 0.2) is 0 Å². The minimum atomic E-state index is -0.445. The van der Waals surface area contributed by atoms with Crippen molar-refractivity contribution in [3.05, 3.63) is 59.1 Å². The van der Waals surface area contributed by atoms with Crippen molar-refractivity contribution in [1.29, 1.82) is 0 Å². The molecule has 0 radical (unpaired) electrons. The van der Waals surface area contributed by atoms with Gasteiger partial charge in [-0.25, -0.2) is 4.79 Å². The van der Waals surface area contributed by atoms with E-state index in [1.807, 2.05) is 41.3 Å². The summed E-state index contributed by atoms with van der Waals surface area (Å²) in [6.45, 7) is 1.54. The van der Waals surface area contributed by atoms with Crippen molar-refractivity contribution in [2.24, 2.45) is 0 Å². The summed E-state index contributed by atoms with van der Waals surface area (Å²) in [7, 11) is 0. The van der Waals surface area contributed by atoms with Crippen LogP contribution in [0.4, 0.5) is 16.2 Å². The molecule has 1 saturated heterocycles. The highest BCUT2D eigenvalue weighted by atomic mass is 35.5. The van der Waals surface area contributed by atoms with Crippen LogP contribution in [0.15, 0.2) is 48.5 Å². The summed E-state index contributed by atoms with van der Waals surface area (Å²) in [5.41, 5.74) is 2.56. The fraction of sp³-hybridized carbons (Fsp3) is 0.263. The predicted molar refractivity (Wildman–Crippen MR) is 99.4 cm³/mol. The first-order chi connectivity index (χ1) is 12.6. The largest absolute Gasteiger partial charge is 0.445 e. The van der Waals surface area contributed by atoms with E-state index < -0.39 is 12.1 Å². The average Bonchev–Trinajstić information content (AvgIpc) is 2.67. The van der Waals surface area contributed by atoms with Crippen molar-refractivity contribution >= 4 is 35.0 Å². The van der Waals surface area contributed by atoms with E-state index in [0.29, 0.717) is 18.1 Å². The second-order valence-electron chi connectivity index (χ2n) is 6.35. The van der Waals surface area contributed by atoms with Crippen LogP contribution in [-0.2, 0) is 16.1 Å². The summed E-state index contributed by atoms with van der Waals surface area (Å²) in [5, 5.41) is 3.50. The van der Waals surface area contributed by atoms with Gasteiger partial charge < -0.3 is 19.9 Å². The van der Waals surface area contributed by atoms with Gasteiger partial charge in [-0.05, 0) is 23.8 Å². The summed E-state index contributed by atoms with van der Waals surface area (Å²) < 4.78 is 5.39. The Hall–Kier alpha value is -2.73. The lowest BCUT2D eigenvalue weighted by Crippen LogP contribution is -2.61. The number of nitrogens with one attached hydrogen (secondary N) is 1. The molecule has 26 heavy (non-hydrogen) atoms. The maximum Gasteiger partial charge on any atom is 0.410 e. The highest BCUT2D eigenvalue weighted by Gasteiger charge is 2.39. The van der Waals surface area contributed by atoms with E-state index in [0.717, 1.165) is 16.9 Å². The molecule has 134 valence electrons. The normalized spacial score (nSPS) is 18.7. The van der Waals surface area contributed by atoms with Gasteiger partial charge in [0.1, 0.15) is 12.6 Å². The Morgan fingerprint density at radius 2 is 2.00 bits per heavy atom. The minimum Gasteiger partial charge on any atom is -0.445 e. The molecule has 4 rings (SSSR count). The molecule has 2 aliphatic heterocycles. The smallest absolute Gasteiger partial charge is 0.410 e. The number of fused-ring (bicyclic) bond motifs is 3. The van der Waals surface area contributed by atoms with Gasteiger partial charge in [-0.15, -0.1) is 0 Å². The second kappa shape index (κ2) is 6.88. The summed E-state index contributed by atoms with van der Waals surface area (Å²) >= 11 is 6.10. The van der Waals surface area contributed by atoms with Crippen LogP contribution in [0.25, 0.3) is 0 Å². The maximum atomic E-state index is 12.5. The van der Waals surface area contributed by atoms with Crippen LogP contribution in [0, 0.1) is 0 Å². The average molecular weight is 372 g/mol. The van der Waals surface area contributed by atoms with Gasteiger partial charge in [0.25, 0.3) is 0 Å². The molecule has 2 amide bonds. The number of piperazine rings is 1. The highest BCUT2D eigenvalue weighted by Crippen LogP contribution is 2.35. The van der Waals surface area contributed by atoms with Crippen molar-refractivity contribution in [3.8, 4) is 0 Å². The standard InChI is InChI=1S/C19H18ClN3O3/c20-14-6-7-15-16(10-14)23-9-8-22(11-17(23)18(24)21-15)19(25)26-12-13-4-2-1-3-5-13/h1-7,10,17H,8-9,11-12H2,(H,21,24). The summed E-state index contributed by atoms with van der Waals surface area (Å²) in [6.07, 6.45) is -0.404. The second-order valence-corrected chi connectivity index (χ2v) is 6.78. The zero-order chi connectivity index (χ0) is 18.1. The number of halogens is 1. The Kier molecular flexibility index (Phi) is 4.42. The van der Waals surface area contributed by atoms with E-state index in [2.05, 4.69) is 5.32 Å². The van der Waals surface area contributed by atoms with E-state index >= 15 is 0 Å². The lowest BCUT2D eigenvalue weighted by molar-refractivity contribution is -0.118. The molecule has 2 aromatic carbocycles. The molecule has 0 aliphatic carbocycles. The van der Waals surface area contributed by atoms with E-state index in [9.17, 15) is 9.59 Å². The van der Waals surface area contributed by atoms with Crippen molar-refractivity contribution in [1.82, 2.24) is 4.90 Å². The van der Waals surface area contributed by atoms with Crippen LogP contribution in [-0.4, -0.2) is 42.6 Å². The predicted octanol–water partition coefficient (Wildman–Crippen LogP) is 3.12. The third-order valence-electron chi connectivity index (χ3n) is 4.67. The molecule has 1 fully saturated rings. The number of nitrogens with zero attached hydrogens (tertiary/aromatic N) is 2. The van der Waals surface area contributed by atoms with Crippen LogP contribution >= 0.6 is 11.6 Å². The van der Waals surface area contributed by atoms with Gasteiger partial charge >= 0.3 is 6.09 Å². The van der Waals surface area contributed by atoms with E-state index in [-0.39, 0.29) is 19.1 Å². The van der Waals surface area contributed by atoms with Crippen molar-refractivity contribution in [3.63, 3.8) is 0 Å². The maximum absolute atomic E-state index is 12.5. The summed E-state index contributed by atoms with van der Waals surface area (Å²) in [4.78, 5) is 28.4. The van der Waals surface area contributed by atoms with Gasteiger partial charge in [-0.1, -0.05) is 41.9 Å². The number of ether oxygens (including phenoxy) is 1. The topological polar surface area (TPSA) is 61.9 Å². The van der Waals surface area contributed by atoms with Gasteiger partial charge in [-0.3, -0.25) is 4.79 Å². The molecular formula is C19H18ClN3O3. The molecule has 1 unspecified atom stereocenters. The van der Waals surface area contributed by atoms with Gasteiger partial charge in [-0.2, -0.15) is 0 Å². The fourth-order valence-corrected chi connectivity index (χ4v) is 3.50. The molecule has 6 nitrogen and oxygen atoms in total. The Morgan fingerprint density at radius 1 is 1.19 bits per heavy atom. The monoisotopic (exact) mass is 371 g/mol. The van der Waals surface area contributed by atoms with Crippen LogP contribution in [0.3, 0.4) is 0 Å². The number of carbonyl (C=O) groups excluding carboxylic acids is 2. The van der Waals surface area contributed by atoms with Crippen LogP contribution in [0.5, 0.6) is 0 Å². The Morgan fingerprint density at radius 3 is 2.81 bits per heavy atom. The van der Waals surface area contributed by atoms with E-state index in [1.165, 1.54) is 0 Å². The lowest BCUT2D eigenvalue weighted by Gasteiger charge is -2.44. The van der Waals surface area contributed by atoms with Crippen molar-refractivity contribution in [2.75, 3.05) is 29.9 Å². The van der Waals surface area contributed by atoms with Gasteiger partial charge in [0, 0.05) is 18.1 Å². The zero-order valence-corrected chi connectivity index (χ0v) is 14.8.